The average molecular weight is 183 g/mol. The van der Waals surface area contributed by atoms with E-state index in [1.807, 2.05) is 0 Å². The lowest BCUT2D eigenvalue weighted by molar-refractivity contribution is -0.123. The van der Waals surface area contributed by atoms with E-state index in [0.717, 1.165) is 12.8 Å². The average Bonchev–Trinajstić information content (AvgIpc) is 2.11. The fraction of sp³-hybridized carbons (Fsp3) is 0.727. The molecule has 0 spiro atoms. The Balaban J connectivity index is 4.12. The molecule has 0 bridgehead atoms. The minimum Gasteiger partial charge on any atom is -0.345 e. The topological polar surface area (TPSA) is 20.3 Å². The molecule has 0 aliphatic carbocycles. The monoisotopic (exact) mass is 183 g/mol. The largest absolute Gasteiger partial charge is 0.345 e. The van der Waals surface area contributed by atoms with E-state index in [4.69, 9.17) is 0 Å². The van der Waals surface area contributed by atoms with Crippen LogP contribution in [0.5, 0.6) is 0 Å². The predicted octanol–water partition coefficient (Wildman–Crippen LogP) is 2.60. The van der Waals surface area contributed by atoms with Crippen molar-refractivity contribution in [1.82, 2.24) is 4.90 Å². The van der Waals surface area contributed by atoms with Crippen molar-refractivity contribution in [3.05, 3.63) is 11.6 Å². The smallest absolute Gasteiger partial charge is 0.245 e. The van der Waals surface area contributed by atoms with Crippen molar-refractivity contribution in [2.75, 3.05) is 14.1 Å². The zero-order chi connectivity index (χ0) is 10.3. The van der Waals surface area contributed by atoms with E-state index in [-0.39, 0.29) is 5.91 Å². The van der Waals surface area contributed by atoms with Gasteiger partial charge in [0.2, 0.25) is 5.91 Å². The molecule has 13 heavy (non-hydrogen) atoms. The number of allylic oxidation sites excluding steroid dienone is 1. The van der Waals surface area contributed by atoms with Crippen molar-refractivity contribution in [3.63, 3.8) is 0 Å². The summed E-state index contributed by atoms with van der Waals surface area (Å²) in [6.45, 7) is 4.27. The second-order valence-electron chi connectivity index (χ2n) is 3.49. The van der Waals surface area contributed by atoms with E-state index in [1.54, 1.807) is 25.1 Å². The highest BCUT2D eigenvalue weighted by molar-refractivity contribution is 5.87. The first-order valence-corrected chi connectivity index (χ1v) is 5.02. The lowest BCUT2D eigenvalue weighted by Crippen LogP contribution is -2.19. The molecule has 0 atom stereocenters. The van der Waals surface area contributed by atoms with Gasteiger partial charge in [0.15, 0.2) is 0 Å². The summed E-state index contributed by atoms with van der Waals surface area (Å²) in [4.78, 5) is 12.9. The van der Waals surface area contributed by atoms with Gasteiger partial charge in [0.05, 0.1) is 0 Å². The molecule has 0 unspecified atom stereocenters. The van der Waals surface area contributed by atoms with Gasteiger partial charge in [-0.25, -0.2) is 0 Å². The van der Waals surface area contributed by atoms with Crippen molar-refractivity contribution in [3.8, 4) is 0 Å². The zero-order valence-corrected chi connectivity index (χ0v) is 9.26. The van der Waals surface area contributed by atoms with Crippen LogP contribution in [-0.4, -0.2) is 24.9 Å². The van der Waals surface area contributed by atoms with Crippen molar-refractivity contribution in [1.29, 1.82) is 0 Å². The molecule has 0 rings (SSSR count). The van der Waals surface area contributed by atoms with Gasteiger partial charge >= 0.3 is 0 Å². The molecule has 0 radical (unpaired) electrons. The summed E-state index contributed by atoms with van der Waals surface area (Å²) in [6, 6.07) is 0. The first kappa shape index (κ1) is 12.2. The highest BCUT2D eigenvalue weighted by Gasteiger charge is 2.01. The van der Waals surface area contributed by atoms with E-state index in [9.17, 15) is 4.79 Å². The molecule has 76 valence electrons. The minimum absolute atomic E-state index is 0.105. The number of unbranched alkanes of at least 4 members (excludes halogenated alkanes) is 1. The maximum absolute atomic E-state index is 11.3. The summed E-state index contributed by atoms with van der Waals surface area (Å²) < 4.78 is 0. The van der Waals surface area contributed by atoms with Gasteiger partial charge in [0, 0.05) is 20.2 Å². The van der Waals surface area contributed by atoms with E-state index in [2.05, 4.69) is 13.8 Å². The van der Waals surface area contributed by atoms with Gasteiger partial charge in [-0.1, -0.05) is 25.8 Å². The molecule has 0 saturated heterocycles. The van der Waals surface area contributed by atoms with Crippen LogP contribution in [0.2, 0.25) is 0 Å². The van der Waals surface area contributed by atoms with Crippen molar-refractivity contribution in [2.45, 2.75) is 39.5 Å². The first-order chi connectivity index (χ1) is 6.11. The Morgan fingerprint density at radius 1 is 1.31 bits per heavy atom. The second-order valence-corrected chi connectivity index (χ2v) is 3.49. The Labute approximate surface area is 81.6 Å². The van der Waals surface area contributed by atoms with Crippen LogP contribution in [0.3, 0.4) is 0 Å². The Kier molecular flexibility index (Phi) is 6.29. The van der Waals surface area contributed by atoms with E-state index in [0.29, 0.717) is 0 Å². The minimum atomic E-state index is 0.105. The van der Waals surface area contributed by atoms with Gasteiger partial charge in [-0.2, -0.15) is 0 Å². The molecular weight excluding hydrogens is 162 g/mol. The van der Waals surface area contributed by atoms with Crippen LogP contribution in [0.15, 0.2) is 11.6 Å². The van der Waals surface area contributed by atoms with Crippen LogP contribution in [0.1, 0.15) is 39.5 Å². The molecule has 0 aliphatic heterocycles. The summed E-state index contributed by atoms with van der Waals surface area (Å²) in [6.07, 6.45) is 6.19. The Hall–Kier alpha value is -0.790. The van der Waals surface area contributed by atoms with Crippen LogP contribution < -0.4 is 0 Å². The highest BCUT2D eigenvalue weighted by atomic mass is 16.2. The third-order valence-corrected chi connectivity index (χ3v) is 2.07. The Morgan fingerprint density at radius 2 is 1.92 bits per heavy atom. The third-order valence-electron chi connectivity index (χ3n) is 2.07. The fourth-order valence-corrected chi connectivity index (χ4v) is 1.06. The number of nitrogens with zero attached hydrogens (tertiary/aromatic N) is 1. The molecule has 2 heteroatoms. The van der Waals surface area contributed by atoms with Crippen molar-refractivity contribution < 1.29 is 4.79 Å². The van der Waals surface area contributed by atoms with Crippen LogP contribution in [-0.2, 0) is 4.79 Å². The van der Waals surface area contributed by atoms with Crippen LogP contribution in [0.4, 0.5) is 0 Å². The predicted molar refractivity (Wildman–Crippen MR) is 56.6 cm³/mol. The number of amides is 1. The van der Waals surface area contributed by atoms with Gasteiger partial charge in [-0.15, -0.1) is 0 Å². The van der Waals surface area contributed by atoms with E-state index < -0.39 is 0 Å². The van der Waals surface area contributed by atoms with Gasteiger partial charge in [-0.3, -0.25) is 4.79 Å². The molecule has 1 amide bonds. The summed E-state index contributed by atoms with van der Waals surface area (Å²) in [5.41, 5.74) is 1.26. The fourth-order valence-electron chi connectivity index (χ4n) is 1.06. The molecule has 0 aromatic heterocycles. The number of rotatable bonds is 5. The molecule has 0 saturated carbocycles. The summed E-state index contributed by atoms with van der Waals surface area (Å²) >= 11 is 0. The van der Waals surface area contributed by atoms with E-state index in [1.165, 1.54) is 18.4 Å². The molecule has 0 N–H and O–H groups in total. The first-order valence-electron chi connectivity index (χ1n) is 5.02. The lowest BCUT2D eigenvalue weighted by atomic mass is 10.1. The van der Waals surface area contributed by atoms with Crippen LogP contribution >= 0.6 is 0 Å². The number of carbonyl (C=O) groups is 1. The summed E-state index contributed by atoms with van der Waals surface area (Å²) in [7, 11) is 3.57. The molecule has 0 aliphatic rings. The maximum Gasteiger partial charge on any atom is 0.245 e. The molecule has 0 fully saturated rings. The lowest BCUT2D eigenvalue weighted by Gasteiger charge is -2.08. The van der Waals surface area contributed by atoms with Crippen LogP contribution in [0.25, 0.3) is 0 Å². The Morgan fingerprint density at radius 3 is 2.31 bits per heavy atom. The summed E-state index contributed by atoms with van der Waals surface area (Å²) in [5.74, 6) is 0.105. The number of hydrogen-bond acceptors (Lipinski definition) is 1. The van der Waals surface area contributed by atoms with Crippen molar-refractivity contribution >= 4 is 5.91 Å². The van der Waals surface area contributed by atoms with Gasteiger partial charge in [0.1, 0.15) is 0 Å². The van der Waals surface area contributed by atoms with Crippen molar-refractivity contribution in [2.24, 2.45) is 0 Å². The Bertz CT molecular complexity index is 183. The molecule has 0 aromatic carbocycles. The quantitative estimate of drug-likeness (QED) is 0.600. The number of hydrogen-bond donors (Lipinski definition) is 0. The standard InChI is InChI=1S/C11H21NO/c1-5-7-8-10(6-2)9-11(13)12(3)4/h9H,5-8H2,1-4H3/b10-9+. The van der Waals surface area contributed by atoms with Crippen LogP contribution in [0, 0.1) is 0 Å². The third kappa shape index (κ3) is 5.45. The SMILES string of the molecule is CCCC/C(=C/C(=O)N(C)C)CC. The van der Waals surface area contributed by atoms with E-state index >= 15 is 0 Å². The normalized spacial score (nSPS) is 11.5. The second kappa shape index (κ2) is 6.70. The maximum atomic E-state index is 11.3. The van der Waals surface area contributed by atoms with Gasteiger partial charge in [0.25, 0.3) is 0 Å². The van der Waals surface area contributed by atoms with Gasteiger partial charge < -0.3 is 4.90 Å². The van der Waals surface area contributed by atoms with Gasteiger partial charge in [-0.05, 0) is 19.3 Å². The molecular formula is C11H21NO. The highest BCUT2D eigenvalue weighted by Crippen LogP contribution is 2.10. The molecule has 0 heterocycles. The molecule has 0 aromatic rings. The number of carbonyl (C=O) groups excluding carboxylic acids is 1. The number of likely N-dealkylation sites (N-methyl/N-ethyl adjacent to an activating group) is 1. The summed E-state index contributed by atoms with van der Waals surface area (Å²) in [5, 5.41) is 0. The molecule has 2 nitrogen and oxygen atoms in total. The zero-order valence-electron chi connectivity index (χ0n) is 9.26.